The van der Waals surface area contributed by atoms with E-state index in [0.29, 0.717) is 18.9 Å². The Balaban J connectivity index is 1.82. The second-order valence-corrected chi connectivity index (χ2v) is 7.61. The lowest BCUT2D eigenvalue weighted by molar-refractivity contribution is -0.289. The summed E-state index contributed by atoms with van der Waals surface area (Å²) in [6, 6.07) is 2.70. The lowest BCUT2D eigenvalue weighted by Gasteiger charge is -2.28. The summed E-state index contributed by atoms with van der Waals surface area (Å²) in [5, 5.41) is 21.2. The van der Waals surface area contributed by atoms with Crippen LogP contribution in [-0.2, 0) is 5.92 Å². The second-order valence-electron chi connectivity index (χ2n) is 7.61. The Morgan fingerprint density at radius 3 is 2.56 bits per heavy atom. The third kappa shape index (κ3) is 3.83. The number of ether oxygens (including phenoxy) is 1. The van der Waals surface area contributed by atoms with Crippen molar-refractivity contribution in [1.82, 2.24) is 19.6 Å². The van der Waals surface area contributed by atoms with Gasteiger partial charge in [-0.2, -0.15) is 22.0 Å². The third-order valence-electron chi connectivity index (χ3n) is 5.57. The maximum absolute atomic E-state index is 14.4. The van der Waals surface area contributed by atoms with Crippen LogP contribution in [0.3, 0.4) is 0 Å². The molecule has 1 saturated carbocycles. The molecule has 0 amide bonds. The highest BCUT2D eigenvalue weighted by molar-refractivity contribution is 5.80. The van der Waals surface area contributed by atoms with Gasteiger partial charge in [0.1, 0.15) is 17.8 Å². The average Bonchev–Trinajstić information content (AvgIpc) is 3.25. The van der Waals surface area contributed by atoms with E-state index in [4.69, 9.17) is 4.74 Å². The fourth-order valence-electron chi connectivity index (χ4n) is 3.84. The molecule has 3 aromatic rings. The predicted octanol–water partition coefficient (Wildman–Crippen LogP) is 4.17. The van der Waals surface area contributed by atoms with Gasteiger partial charge in [-0.25, -0.2) is 4.98 Å². The molecular weight excluding hydrogens is 437 g/mol. The van der Waals surface area contributed by atoms with Gasteiger partial charge in [-0.3, -0.25) is 4.40 Å². The lowest BCUT2D eigenvalue weighted by Crippen LogP contribution is -2.37. The predicted molar refractivity (Wildman–Crippen MR) is 105 cm³/mol. The molecule has 0 unspecified atom stereocenters. The number of fused-ring (bicyclic) bond motifs is 1. The fraction of sp³-hybridized carbons (Fsp3) is 0.450. The van der Waals surface area contributed by atoms with Gasteiger partial charge in [0.25, 0.3) is 0 Å². The molecule has 0 aliphatic heterocycles. The maximum atomic E-state index is 14.4. The van der Waals surface area contributed by atoms with Crippen molar-refractivity contribution in [2.45, 2.75) is 49.9 Å². The minimum Gasteiger partial charge on any atom is -0.497 e. The van der Waals surface area contributed by atoms with E-state index >= 15 is 0 Å². The molecule has 172 valence electrons. The third-order valence-corrected chi connectivity index (χ3v) is 5.57. The smallest absolute Gasteiger partial charge is 0.458 e. The van der Waals surface area contributed by atoms with E-state index in [1.165, 1.54) is 30.1 Å². The number of aliphatic hydroxyl groups excluding tert-OH is 1. The van der Waals surface area contributed by atoms with Gasteiger partial charge in [-0.15, -0.1) is 10.2 Å². The zero-order valence-corrected chi connectivity index (χ0v) is 16.9. The number of anilines is 1. The number of hydrogen-bond donors (Lipinski definition) is 2. The van der Waals surface area contributed by atoms with Gasteiger partial charge in [0, 0.05) is 11.1 Å². The summed E-state index contributed by atoms with van der Waals surface area (Å²) < 4.78 is 74.6. The van der Waals surface area contributed by atoms with Gasteiger partial charge in [0.15, 0.2) is 0 Å². The van der Waals surface area contributed by atoms with Gasteiger partial charge in [0.2, 0.25) is 5.95 Å². The fourth-order valence-corrected chi connectivity index (χ4v) is 3.84. The number of aliphatic hydroxyl groups is 1. The molecule has 4 rings (SSSR count). The van der Waals surface area contributed by atoms with Crippen LogP contribution in [-0.4, -0.2) is 50.1 Å². The molecule has 0 saturated heterocycles. The van der Waals surface area contributed by atoms with Gasteiger partial charge in [0.05, 0.1) is 31.0 Å². The molecule has 2 heterocycles. The summed E-state index contributed by atoms with van der Waals surface area (Å²) >= 11 is 0. The molecule has 2 aromatic heterocycles. The zero-order valence-electron chi connectivity index (χ0n) is 16.9. The normalized spacial score (nSPS) is 19.8. The summed E-state index contributed by atoms with van der Waals surface area (Å²) in [6.07, 6.45) is -0.645. The Hall–Kier alpha value is -3.02. The van der Waals surface area contributed by atoms with E-state index < -0.39 is 29.3 Å². The molecule has 1 aliphatic rings. The molecule has 1 aliphatic carbocycles. The van der Waals surface area contributed by atoms with Gasteiger partial charge < -0.3 is 15.2 Å². The van der Waals surface area contributed by atoms with Crippen LogP contribution in [0.15, 0.2) is 30.7 Å². The van der Waals surface area contributed by atoms with Crippen molar-refractivity contribution < 1.29 is 31.8 Å². The van der Waals surface area contributed by atoms with E-state index in [9.17, 15) is 27.1 Å². The number of aromatic nitrogens is 4. The number of imidazole rings is 1. The van der Waals surface area contributed by atoms with Gasteiger partial charge in [-0.1, -0.05) is 12.8 Å². The summed E-state index contributed by atoms with van der Waals surface area (Å²) in [4.78, 5) is 3.98. The first kappa shape index (κ1) is 22.2. The van der Waals surface area contributed by atoms with E-state index in [1.807, 2.05) is 0 Å². The summed E-state index contributed by atoms with van der Waals surface area (Å²) in [6.45, 7) is 0. The van der Waals surface area contributed by atoms with Crippen LogP contribution in [0, 0.1) is 0 Å². The Kier molecular flexibility index (Phi) is 5.65. The summed E-state index contributed by atoms with van der Waals surface area (Å²) in [5.41, 5.74) is -1.77. The number of rotatable bonds is 5. The molecule has 12 heteroatoms. The molecule has 2 atom stereocenters. The van der Waals surface area contributed by atoms with Crippen molar-refractivity contribution in [3.8, 4) is 17.0 Å². The topological polar surface area (TPSA) is 84.6 Å². The zero-order chi connectivity index (χ0) is 23.1. The highest BCUT2D eigenvalue weighted by atomic mass is 19.4. The van der Waals surface area contributed by atoms with Crippen LogP contribution in [0.1, 0.15) is 31.2 Å². The molecule has 7 nitrogen and oxygen atoms in total. The molecule has 0 radical (unpaired) electrons. The molecular formula is C20H20F5N5O2. The number of nitrogens with one attached hydrogen (secondary N) is 1. The number of hydrogen-bond acceptors (Lipinski definition) is 6. The molecule has 2 N–H and O–H groups in total. The Bertz CT molecular complexity index is 1120. The van der Waals surface area contributed by atoms with Crippen molar-refractivity contribution >= 4 is 11.5 Å². The largest absolute Gasteiger partial charge is 0.497 e. The van der Waals surface area contributed by atoms with Crippen LogP contribution < -0.4 is 10.1 Å². The van der Waals surface area contributed by atoms with E-state index in [-0.39, 0.29) is 29.0 Å². The maximum Gasteiger partial charge on any atom is 0.458 e. The van der Waals surface area contributed by atoms with E-state index in [2.05, 4.69) is 20.5 Å². The summed E-state index contributed by atoms with van der Waals surface area (Å²) in [7, 11) is 1.17. The SMILES string of the molecule is COc1ccc(-c2nnc(N[C@@H]3CCCC[C@H]3O)n3cncc23)c(C(F)(F)C(F)(F)F)c1. The molecule has 0 bridgehead atoms. The van der Waals surface area contributed by atoms with Crippen molar-refractivity contribution in [3.63, 3.8) is 0 Å². The van der Waals surface area contributed by atoms with Crippen LogP contribution in [0.25, 0.3) is 16.8 Å². The van der Waals surface area contributed by atoms with E-state index in [0.717, 1.165) is 18.9 Å². The van der Waals surface area contributed by atoms with Crippen molar-refractivity contribution in [2.75, 3.05) is 12.4 Å². The van der Waals surface area contributed by atoms with Crippen molar-refractivity contribution in [3.05, 3.63) is 36.3 Å². The number of benzene rings is 1. The number of methoxy groups -OCH3 is 1. The number of nitrogens with zero attached hydrogens (tertiary/aromatic N) is 4. The minimum absolute atomic E-state index is 0.158. The molecule has 1 fully saturated rings. The van der Waals surface area contributed by atoms with E-state index in [1.54, 1.807) is 0 Å². The van der Waals surface area contributed by atoms with Crippen LogP contribution in [0.5, 0.6) is 5.75 Å². The highest BCUT2D eigenvalue weighted by Crippen LogP contribution is 2.48. The second kappa shape index (κ2) is 8.15. The average molecular weight is 457 g/mol. The monoisotopic (exact) mass is 457 g/mol. The Morgan fingerprint density at radius 2 is 1.88 bits per heavy atom. The highest BCUT2D eigenvalue weighted by Gasteiger charge is 2.60. The van der Waals surface area contributed by atoms with Crippen LogP contribution in [0.4, 0.5) is 27.9 Å². The van der Waals surface area contributed by atoms with Crippen molar-refractivity contribution in [1.29, 1.82) is 0 Å². The van der Waals surface area contributed by atoms with Crippen LogP contribution in [0.2, 0.25) is 0 Å². The van der Waals surface area contributed by atoms with Crippen LogP contribution >= 0.6 is 0 Å². The first-order valence-corrected chi connectivity index (χ1v) is 9.90. The first-order chi connectivity index (χ1) is 15.1. The molecule has 32 heavy (non-hydrogen) atoms. The quantitative estimate of drug-likeness (QED) is 0.560. The number of alkyl halides is 5. The van der Waals surface area contributed by atoms with Crippen molar-refractivity contribution in [2.24, 2.45) is 0 Å². The molecule has 0 spiro atoms. The first-order valence-electron chi connectivity index (χ1n) is 9.90. The van der Waals surface area contributed by atoms with Gasteiger partial charge >= 0.3 is 12.1 Å². The lowest BCUT2D eigenvalue weighted by atomic mass is 9.93. The Labute approximate surface area is 179 Å². The molecule has 1 aromatic carbocycles. The van der Waals surface area contributed by atoms with Gasteiger partial charge in [-0.05, 0) is 31.0 Å². The Morgan fingerprint density at radius 1 is 1.12 bits per heavy atom. The standard InChI is InChI=1S/C20H20F5N5O2/c1-32-11-6-7-12(13(8-11)19(21,22)20(23,24)25)17-15-9-26-10-30(15)18(29-28-17)27-14-4-2-3-5-16(14)31/h6-10,14,16,31H,2-5H2,1H3,(H,27,29)/t14-,16-/m1/s1. The minimum atomic E-state index is -5.82. The summed E-state index contributed by atoms with van der Waals surface area (Å²) in [5.74, 6) is -5.11. The number of halogens is 5.